The van der Waals surface area contributed by atoms with Crippen LogP contribution in [0.15, 0.2) is 12.1 Å². The highest BCUT2D eigenvalue weighted by molar-refractivity contribution is 6.35. The topological polar surface area (TPSA) is 30.5 Å². The molecule has 0 aliphatic heterocycles. The van der Waals surface area contributed by atoms with Crippen molar-refractivity contribution in [1.82, 2.24) is 5.32 Å². The lowest BCUT2D eigenvalue weighted by atomic mass is 10.2. The van der Waals surface area contributed by atoms with Crippen LogP contribution in [0.25, 0.3) is 0 Å². The van der Waals surface area contributed by atoms with E-state index in [9.17, 15) is 0 Å². The molecule has 0 aromatic heterocycles. The Morgan fingerprint density at radius 1 is 1.25 bits per heavy atom. The first kappa shape index (κ1) is 19.8. The number of benzene rings is 1. The molecule has 0 aliphatic carbocycles. The minimum absolute atomic E-state index is 0. The van der Waals surface area contributed by atoms with Gasteiger partial charge in [-0.15, -0.1) is 12.4 Å². The molecule has 1 aromatic rings. The molecular formula is C14H22Cl3NO2. The van der Waals surface area contributed by atoms with Crippen molar-refractivity contribution in [3.05, 3.63) is 27.7 Å². The summed E-state index contributed by atoms with van der Waals surface area (Å²) in [7, 11) is 1.61. The molecule has 0 saturated carbocycles. The van der Waals surface area contributed by atoms with E-state index >= 15 is 0 Å². The molecule has 116 valence electrons. The number of hydrogen-bond acceptors (Lipinski definition) is 3. The average molecular weight is 343 g/mol. The van der Waals surface area contributed by atoms with Crippen molar-refractivity contribution in [3.63, 3.8) is 0 Å². The highest BCUT2D eigenvalue weighted by Gasteiger charge is 2.09. The van der Waals surface area contributed by atoms with Crippen LogP contribution in [0.2, 0.25) is 10.0 Å². The smallest absolute Gasteiger partial charge is 0.142 e. The second kappa shape index (κ2) is 10.5. The van der Waals surface area contributed by atoms with Gasteiger partial charge >= 0.3 is 0 Å². The first-order valence-electron chi connectivity index (χ1n) is 6.38. The fourth-order valence-corrected chi connectivity index (χ4v) is 2.33. The first-order valence-corrected chi connectivity index (χ1v) is 7.14. The van der Waals surface area contributed by atoms with Crippen molar-refractivity contribution < 1.29 is 9.47 Å². The van der Waals surface area contributed by atoms with Crippen LogP contribution in [0.1, 0.15) is 25.8 Å². The quantitative estimate of drug-likeness (QED) is 0.713. The van der Waals surface area contributed by atoms with Crippen LogP contribution < -0.4 is 10.1 Å². The molecule has 0 amide bonds. The Bertz CT molecular complexity index is 400. The van der Waals surface area contributed by atoms with Gasteiger partial charge in [0, 0.05) is 23.7 Å². The minimum Gasteiger partial charge on any atom is -0.495 e. The largest absolute Gasteiger partial charge is 0.495 e. The van der Waals surface area contributed by atoms with Crippen LogP contribution in [0.5, 0.6) is 5.75 Å². The molecule has 0 unspecified atom stereocenters. The van der Waals surface area contributed by atoms with Crippen LogP contribution in [-0.2, 0) is 11.3 Å². The summed E-state index contributed by atoms with van der Waals surface area (Å²) in [4.78, 5) is 0. The zero-order valence-corrected chi connectivity index (χ0v) is 14.4. The Hall–Kier alpha value is -0.190. The van der Waals surface area contributed by atoms with Gasteiger partial charge in [-0.1, -0.05) is 23.2 Å². The van der Waals surface area contributed by atoms with Gasteiger partial charge in [-0.25, -0.2) is 0 Å². The molecule has 0 bridgehead atoms. The van der Waals surface area contributed by atoms with Crippen LogP contribution in [0.3, 0.4) is 0 Å². The summed E-state index contributed by atoms with van der Waals surface area (Å²) in [6.45, 7) is 6.38. The van der Waals surface area contributed by atoms with Gasteiger partial charge in [-0.2, -0.15) is 0 Å². The monoisotopic (exact) mass is 341 g/mol. The Labute approximate surface area is 137 Å². The Morgan fingerprint density at radius 2 is 1.95 bits per heavy atom. The highest BCUT2D eigenvalue weighted by atomic mass is 35.5. The van der Waals surface area contributed by atoms with Gasteiger partial charge in [0.05, 0.1) is 18.2 Å². The van der Waals surface area contributed by atoms with E-state index in [4.69, 9.17) is 32.7 Å². The minimum atomic E-state index is 0. The van der Waals surface area contributed by atoms with Gasteiger partial charge in [0.25, 0.3) is 0 Å². The maximum Gasteiger partial charge on any atom is 0.142 e. The first-order chi connectivity index (χ1) is 9.04. The maximum atomic E-state index is 6.07. The van der Waals surface area contributed by atoms with Crippen molar-refractivity contribution in [2.24, 2.45) is 0 Å². The SMILES string of the molecule is COc1c(Cl)cc(Cl)cc1CNCCCOC(C)C.Cl. The summed E-state index contributed by atoms with van der Waals surface area (Å²) in [5.41, 5.74) is 0.963. The third-order valence-corrected chi connectivity index (χ3v) is 3.05. The predicted octanol–water partition coefficient (Wildman–Crippen LogP) is 4.33. The fraction of sp³-hybridized carbons (Fsp3) is 0.571. The molecule has 20 heavy (non-hydrogen) atoms. The number of hydrogen-bond donors (Lipinski definition) is 1. The van der Waals surface area contributed by atoms with E-state index in [0.29, 0.717) is 22.3 Å². The van der Waals surface area contributed by atoms with Gasteiger partial charge < -0.3 is 14.8 Å². The van der Waals surface area contributed by atoms with E-state index in [0.717, 1.165) is 25.1 Å². The lowest BCUT2D eigenvalue weighted by Gasteiger charge is -2.12. The molecule has 0 spiro atoms. The summed E-state index contributed by atoms with van der Waals surface area (Å²) in [5, 5.41) is 4.48. The fourth-order valence-electron chi connectivity index (χ4n) is 1.71. The molecule has 1 N–H and O–H groups in total. The van der Waals surface area contributed by atoms with Gasteiger partial charge in [0.1, 0.15) is 5.75 Å². The van der Waals surface area contributed by atoms with Crippen LogP contribution in [-0.4, -0.2) is 26.4 Å². The van der Waals surface area contributed by atoms with E-state index < -0.39 is 0 Å². The number of rotatable bonds is 8. The van der Waals surface area contributed by atoms with Crippen molar-refractivity contribution in [2.45, 2.75) is 32.9 Å². The summed E-state index contributed by atoms with van der Waals surface area (Å²) < 4.78 is 10.8. The molecule has 1 rings (SSSR count). The molecule has 0 heterocycles. The molecular weight excluding hydrogens is 321 g/mol. The molecule has 0 atom stereocenters. The van der Waals surface area contributed by atoms with E-state index in [1.807, 2.05) is 19.9 Å². The molecule has 0 fully saturated rings. The zero-order valence-electron chi connectivity index (χ0n) is 12.0. The van der Waals surface area contributed by atoms with E-state index in [2.05, 4.69) is 5.32 Å². The number of ether oxygens (including phenoxy) is 2. The lowest BCUT2D eigenvalue weighted by molar-refractivity contribution is 0.0770. The second-order valence-electron chi connectivity index (χ2n) is 4.53. The molecule has 0 aliphatic rings. The van der Waals surface area contributed by atoms with Gasteiger partial charge in [-0.05, 0) is 38.9 Å². The maximum absolute atomic E-state index is 6.07. The van der Waals surface area contributed by atoms with Crippen molar-refractivity contribution in [2.75, 3.05) is 20.3 Å². The molecule has 1 aromatic carbocycles. The van der Waals surface area contributed by atoms with Crippen LogP contribution in [0, 0.1) is 0 Å². The summed E-state index contributed by atoms with van der Waals surface area (Å²) in [6.07, 6.45) is 1.25. The second-order valence-corrected chi connectivity index (χ2v) is 5.37. The standard InChI is InChI=1S/C14H21Cl2NO2.ClH/c1-10(2)19-6-4-5-17-9-11-7-12(15)8-13(16)14(11)18-3;/h7-8,10,17H,4-6,9H2,1-3H3;1H. The number of methoxy groups -OCH3 is 1. The normalized spacial score (nSPS) is 10.5. The Balaban J connectivity index is 0.00000361. The molecule has 0 radical (unpaired) electrons. The molecule has 6 heteroatoms. The van der Waals surface area contributed by atoms with Crippen LogP contribution >= 0.6 is 35.6 Å². The number of halogens is 3. The average Bonchev–Trinajstić information content (AvgIpc) is 2.32. The number of nitrogens with one attached hydrogen (secondary N) is 1. The van der Waals surface area contributed by atoms with Crippen molar-refractivity contribution in [1.29, 1.82) is 0 Å². The van der Waals surface area contributed by atoms with E-state index in [-0.39, 0.29) is 18.5 Å². The van der Waals surface area contributed by atoms with Gasteiger partial charge in [0.2, 0.25) is 0 Å². The highest BCUT2D eigenvalue weighted by Crippen LogP contribution is 2.31. The van der Waals surface area contributed by atoms with E-state index in [1.165, 1.54) is 0 Å². The third kappa shape index (κ3) is 7.00. The molecule has 0 saturated heterocycles. The van der Waals surface area contributed by atoms with E-state index in [1.54, 1.807) is 13.2 Å². The predicted molar refractivity (Wildman–Crippen MR) is 87.7 cm³/mol. The van der Waals surface area contributed by atoms with Crippen molar-refractivity contribution in [3.8, 4) is 5.75 Å². The summed E-state index contributed by atoms with van der Waals surface area (Å²) in [6, 6.07) is 3.55. The third-order valence-electron chi connectivity index (χ3n) is 2.55. The molecule has 3 nitrogen and oxygen atoms in total. The Kier molecular flexibility index (Phi) is 10.4. The lowest BCUT2D eigenvalue weighted by Crippen LogP contribution is -2.17. The zero-order chi connectivity index (χ0) is 14.3. The van der Waals surface area contributed by atoms with Gasteiger partial charge in [0.15, 0.2) is 0 Å². The van der Waals surface area contributed by atoms with Gasteiger partial charge in [-0.3, -0.25) is 0 Å². The Morgan fingerprint density at radius 3 is 2.55 bits per heavy atom. The summed E-state index contributed by atoms with van der Waals surface area (Å²) >= 11 is 12.1. The summed E-state index contributed by atoms with van der Waals surface area (Å²) in [5.74, 6) is 0.678. The van der Waals surface area contributed by atoms with Crippen molar-refractivity contribution >= 4 is 35.6 Å². The van der Waals surface area contributed by atoms with Crippen LogP contribution in [0.4, 0.5) is 0 Å².